The quantitative estimate of drug-likeness (QED) is 0.265. The largest absolute Gasteiger partial charge is 0.456 e. The van der Waals surface area contributed by atoms with E-state index < -0.39 is 0 Å². The van der Waals surface area contributed by atoms with Crippen molar-refractivity contribution in [3.8, 4) is 11.4 Å². The van der Waals surface area contributed by atoms with Gasteiger partial charge in [-0.15, -0.1) is 0 Å². The standard InChI is InChI=1S/C30H33N2O/c1-19(2)28-21(4)31(29(30(5,6)7)32(28)22-13-9-8-10-14-22)25-18-24-23-15-11-12-16-26(23)33-27(24)17-20(25)3/h8-19H,1-7H3/q+1. The van der Waals surface area contributed by atoms with Gasteiger partial charge in [-0.2, -0.15) is 9.13 Å². The van der Waals surface area contributed by atoms with E-state index in [1.54, 1.807) is 0 Å². The van der Waals surface area contributed by atoms with Gasteiger partial charge >= 0.3 is 0 Å². The SMILES string of the molecule is Cc1cc2oc3ccccc3c2cc1-[n+]1c(C)c(C(C)C)n(-c2ccccc2)c1C(C)(C)C. The maximum Gasteiger partial charge on any atom is 0.272 e. The second kappa shape index (κ2) is 7.62. The van der Waals surface area contributed by atoms with Crippen LogP contribution in [0.15, 0.2) is 71.1 Å². The normalized spacial score (nSPS) is 12.4. The average molecular weight is 438 g/mol. The maximum absolute atomic E-state index is 6.17. The summed E-state index contributed by atoms with van der Waals surface area (Å²) in [5.74, 6) is 1.66. The number of nitrogens with zero attached hydrogens (tertiary/aromatic N) is 2. The highest BCUT2D eigenvalue weighted by molar-refractivity contribution is 6.05. The van der Waals surface area contributed by atoms with Gasteiger partial charge in [-0.3, -0.25) is 0 Å². The smallest absolute Gasteiger partial charge is 0.272 e. The van der Waals surface area contributed by atoms with E-state index >= 15 is 0 Å². The van der Waals surface area contributed by atoms with Gasteiger partial charge in [0.15, 0.2) is 5.69 Å². The molecule has 2 aromatic heterocycles. The lowest BCUT2D eigenvalue weighted by atomic mass is 9.94. The van der Waals surface area contributed by atoms with Gasteiger partial charge in [0.2, 0.25) is 0 Å². The van der Waals surface area contributed by atoms with Crippen LogP contribution in [0.5, 0.6) is 0 Å². The van der Waals surface area contributed by atoms with Crippen LogP contribution in [-0.2, 0) is 5.41 Å². The van der Waals surface area contributed by atoms with Crippen LogP contribution in [0.4, 0.5) is 0 Å². The van der Waals surface area contributed by atoms with Gasteiger partial charge in [-0.05, 0) is 63.6 Å². The Morgan fingerprint density at radius 3 is 2.15 bits per heavy atom. The van der Waals surface area contributed by atoms with Crippen molar-refractivity contribution in [1.82, 2.24) is 4.57 Å². The van der Waals surface area contributed by atoms with Crippen LogP contribution in [0.25, 0.3) is 33.3 Å². The number of furan rings is 1. The first-order valence-electron chi connectivity index (χ1n) is 11.8. The number of aromatic nitrogens is 2. The second-order valence-corrected chi connectivity index (χ2v) is 10.4. The summed E-state index contributed by atoms with van der Waals surface area (Å²) in [5.41, 5.74) is 8.07. The Kier molecular flexibility index (Phi) is 4.97. The molecule has 5 rings (SSSR count). The van der Waals surface area contributed by atoms with E-state index in [9.17, 15) is 0 Å². The Labute approximate surface area is 196 Å². The Morgan fingerprint density at radius 1 is 0.818 bits per heavy atom. The molecule has 0 saturated carbocycles. The van der Waals surface area contributed by atoms with Crippen LogP contribution in [0.2, 0.25) is 0 Å². The van der Waals surface area contributed by atoms with Crippen molar-refractivity contribution in [3.05, 3.63) is 89.5 Å². The predicted octanol–water partition coefficient (Wildman–Crippen LogP) is 7.69. The number of hydrogen-bond acceptors (Lipinski definition) is 1. The summed E-state index contributed by atoms with van der Waals surface area (Å²) in [6.07, 6.45) is 0. The van der Waals surface area contributed by atoms with Crippen molar-refractivity contribution in [1.29, 1.82) is 0 Å². The van der Waals surface area contributed by atoms with Crippen LogP contribution >= 0.6 is 0 Å². The highest BCUT2D eigenvalue weighted by Gasteiger charge is 2.39. The van der Waals surface area contributed by atoms with Crippen LogP contribution in [0.1, 0.15) is 63.3 Å². The summed E-state index contributed by atoms with van der Waals surface area (Å²) < 4.78 is 11.1. The molecule has 2 heterocycles. The number of benzene rings is 3. The van der Waals surface area contributed by atoms with E-state index in [1.807, 2.05) is 12.1 Å². The summed E-state index contributed by atoms with van der Waals surface area (Å²) in [5, 5.41) is 2.33. The number of fused-ring (bicyclic) bond motifs is 3. The fraction of sp³-hybridized carbons (Fsp3) is 0.300. The fourth-order valence-corrected chi connectivity index (χ4v) is 5.23. The molecule has 5 aromatic rings. The Balaban J connectivity index is 1.92. The minimum atomic E-state index is -0.0758. The molecule has 0 aliphatic carbocycles. The second-order valence-electron chi connectivity index (χ2n) is 10.4. The number of imidazole rings is 1. The molecule has 33 heavy (non-hydrogen) atoms. The van der Waals surface area contributed by atoms with Crippen LogP contribution in [0, 0.1) is 13.8 Å². The predicted molar refractivity (Wildman–Crippen MR) is 137 cm³/mol. The number of rotatable bonds is 3. The van der Waals surface area contributed by atoms with Crippen molar-refractivity contribution >= 4 is 21.9 Å². The number of aryl methyl sites for hydroxylation is 1. The Bertz CT molecular complexity index is 1480. The highest BCUT2D eigenvalue weighted by Crippen LogP contribution is 2.35. The molecule has 0 radical (unpaired) electrons. The lowest BCUT2D eigenvalue weighted by Crippen LogP contribution is -2.43. The van der Waals surface area contributed by atoms with Crippen LogP contribution in [0.3, 0.4) is 0 Å². The molecule has 0 aliphatic heterocycles. The minimum Gasteiger partial charge on any atom is -0.456 e. The lowest BCUT2D eigenvalue weighted by molar-refractivity contribution is -0.614. The summed E-state index contributed by atoms with van der Waals surface area (Å²) >= 11 is 0. The lowest BCUT2D eigenvalue weighted by Gasteiger charge is -2.19. The first kappa shape index (κ1) is 21.5. The molecule has 0 aliphatic rings. The zero-order valence-electron chi connectivity index (χ0n) is 20.7. The average Bonchev–Trinajstić information content (AvgIpc) is 3.28. The fourth-order valence-electron chi connectivity index (χ4n) is 5.23. The van der Waals surface area contributed by atoms with E-state index in [0.29, 0.717) is 5.92 Å². The molecule has 0 fully saturated rings. The molecule has 0 spiro atoms. The van der Waals surface area contributed by atoms with E-state index in [0.717, 1.165) is 21.9 Å². The number of para-hydroxylation sites is 2. The third kappa shape index (κ3) is 3.38. The summed E-state index contributed by atoms with van der Waals surface area (Å²) in [6, 6.07) is 23.6. The Morgan fingerprint density at radius 2 is 1.48 bits per heavy atom. The molecule has 3 nitrogen and oxygen atoms in total. The summed E-state index contributed by atoms with van der Waals surface area (Å²) in [7, 11) is 0. The zero-order chi connectivity index (χ0) is 23.5. The van der Waals surface area contributed by atoms with Gasteiger partial charge in [0, 0.05) is 23.6 Å². The molecular weight excluding hydrogens is 404 g/mol. The molecular formula is C30H33N2O+. The minimum absolute atomic E-state index is 0.0758. The van der Waals surface area contributed by atoms with Gasteiger partial charge in [0.1, 0.15) is 28.2 Å². The first-order chi connectivity index (χ1) is 15.7. The summed E-state index contributed by atoms with van der Waals surface area (Å²) in [4.78, 5) is 0. The highest BCUT2D eigenvalue weighted by atomic mass is 16.3. The molecule has 0 bridgehead atoms. The van der Waals surface area contributed by atoms with Crippen LogP contribution in [-0.4, -0.2) is 4.57 Å². The third-order valence-electron chi connectivity index (χ3n) is 6.54. The summed E-state index contributed by atoms with van der Waals surface area (Å²) in [6.45, 7) is 16.0. The topological polar surface area (TPSA) is 21.9 Å². The maximum atomic E-state index is 6.17. The van der Waals surface area contributed by atoms with Gasteiger partial charge in [0.25, 0.3) is 5.82 Å². The molecule has 0 N–H and O–H groups in total. The molecule has 0 amide bonds. The molecule has 3 heteroatoms. The van der Waals surface area contributed by atoms with Gasteiger partial charge < -0.3 is 4.42 Å². The monoisotopic (exact) mass is 437 g/mol. The van der Waals surface area contributed by atoms with Gasteiger partial charge in [-0.25, -0.2) is 0 Å². The van der Waals surface area contributed by atoms with Crippen LogP contribution < -0.4 is 4.57 Å². The van der Waals surface area contributed by atoms with E-state index in [1.165, 1.54) is 34.2 Å². The van der Waals surface area contributed by atoms with Gasteiger partial charge in [0.05, 0.1) is 5.41 Å². The van der Waals surface area contributed by atoms with Crippen molar-refractivity contribution in [2.75, 3.05) is 0 Å². The van der Waals surface area contributed by atoms with Gasteiger partial charge in [-0.1, -0.05) is 50.2 Å². The van der Waals surface area contributed by atoms with Crippen molar-refractivity contribution in [2.45, 2.75) is 59.8 Å². The third-order valence-corrected chi connectivity index (χ3v) is 6.54. The van der Waals surface area contributed by atoms with Crippen molar-refractivity contribution < 1.29 is 8.98 Å². The molecule has 0 saturated heterocycles. The molecule has 0 atom stereocenters. The Hall–Kier alpha value is -3.33. The molecule has 168 valence electrons. The number of hydrogen-bond donors (Lipinski definition) is 0. The van der Waals surface area contributed by atoms with E-state index in [4.69, 9.17) is 4.42 Å². The molecule has 0 unspecified atom stereocenters. The van der Waals surface area contributed by atoms with Crippen molar-refractivity contribution in [3.63, 3.8) is 0 Å². The van der Waals surface area contributed by atoms with Crippen molar-refractivity contribution in [2.24, 2.45) is 0 Å². The van der Waals surface area contributed by atoms with E-state index in [-0.39, 0.29) is 5.41 Å². The molecule has 3 aromatic carbocycles. The van der Waals surface area contributed by atoms with E-state index in [2.05, 4.69) is 112 Å². The first-order valence-corrected chi connectivity index (χ1v) is 11.8. The zero-order valence-corrected chi connectivity index (χ0v) is 20.7.